The van der Waals surface area contributed by atoms with Crippen LogP contribution in [-0.4, -0.2) is 49.2 Å². The Bertz CT molecular complexity index is 808. The summed E-state index contributed by atoms with van der Waals surface area (Å²) in [5.74, 6) is 0.744. The molecule has 8 heteroatoms. The fourth-order valence-corrected chi connectivity index (χ4v) is 4.25. The molecule has 0 aliphatic carbocycles. The SMILES string of the molecule is COc1ccccc1S(=O)(=O)N1CCC(Oc2ccc(C)nn2)C1. The van der Waals surface area contributed by atoms with Crippen molar-refractivity contribution in [2.24, 2.45) is 0 Å². The molecular formula is C16H19N3O4S. The van der Waals surface area contributed by atoms with Gasteiger partial charge in [0.15, 0.2) is 0 Å². The number of ether oxygens (including phenoxy) is 2. The number of benzene rings is 1. The molecule has 1 fully saturated rings. The number of hydrogen-bond donors (Lipinski definition) is 0. The summed E-state index contributed by atoms with van der Waals surface area (Å²) in [6, 6.07) is 10.2. The molecule has 7 nitrogen and oxygen atoms in total. The highest BCUT2D eigenvalue weighted by Gasteiger charge is 2.35. The number of aromatic nitrogens is 2. The van der Waals surface area contributed by atoms with Crippen molar-refractivity contribution >= 4 is 10.0 Å². The third-order valence-corrected chi connectivity index (χ3v) is 5.76. The van der Waals surface area contributed by atoms with Gasteiger partial charge in [-0.3, -0.25) is 0 Å². The summed E-state index contributed by atoms with van der Waals surface area (Å²) in [4.78, 5) is 0.170. The molecule has 24 heavy (non-hydrogen) atoms. The molecule has 1 atom stereocenters. The quantitative estimate of drug-likeness (QED) is 0.816. The molecule has 0 saturated carbocycles. The number of aryl methyl sites for hydroxylation is 1. The Labute approximate surface area is 141 Å². The highest BCUT2D eigenvalue weighted by atomic mass is 32.2. The lowest BCUT2D eigenvalue weighted by atomic mass is 10.3. The molecule has 128 valence electrons. The van der Waals surface area contributed by atoms with Gasteiger partial charge in [0.05, 0.1) is 19.3 Å². The first kappa shape index (κ1) is 16.7. The van der Waals surface area contributed by atoms with Crippen LogP contribution in [0.2, 0.25) is 0 Å². The van der Waals surface area contributed by atoms with Crippen LogP contribution in [-0.2, 0) is 10.0 Å². The third-order valence-electron chi connectivity index (χ3n) is 3.86. The largest absolute Gasteiger partial charge is 0.495 e. The molecule has 0 bridgehead atoms. The second-order valence-corrected chi connectivity index (χ2v) is 7.46. The molecular weight excluding hydrogens is 330 g/mol. The van der Waals surface area contributed by atoms with Crippen LogP contribution in [0.5, 0.6) is 11.6 Å². The monoisotopic (exact) mass is 349 g/mol. The summed E-state index contributed by atoms with van der Waals surface area (Å²) in [5, 5.41) is 7.89. The molecule has 0 radical (unpaired) electrons. The lowest BCUT2D eigenvalue weighted by molar-refractivity contribution is 0.204. The molecule has 2 heterocycles. The van der Waals surface area contributed by atoms with Crippen molar-refractivity contribution in [2.75, 3.05) is 20.2 Å². The summed E-state index contributed by atoms with van der Waals surface area (Å²) in [6.07, 6.45) is 0.357. The van der Waals surface area contributed by atoms with Gasteiger partial charge in [0.2, 0.25) is 15.9 Å². The summed E-state index contributed by atoms with van der Waals surface area (Å²) < 4.78 is 38.0. The number of hydrogen-bond acceptors (Lipinski definition) is 6. The standard InChI is InChI=1S/C16H19N3O4S/c1-12-7-8-16(18-17-12)23-13-9-10-19(11-13)24(20,21)15-6-4-3-5-14(15)22-2/h3-8,13H,9-11H2,1-2H3. The summed E-state index contributed by atoms with van der Waals surface area (Å²) in [6.45, 7) is 2.51. The van der Waals surface area contributed by atoms with Crippen LogP contribution in [0, 0.1) is 6.92 Å². The number of para-hydroxylation sites is 1. The minimum Gasteiger partial charge on any atom is -0.495 e. The number of rotatable bonds is 5. The van der Waals surface area contributed by atoms with Crippen molar-refractivity contribution in [1.29, 1.82) is 0 Å². The van der Waals surface area contributed by atoms with Crippen molar-refractivity contribution < 1.29 is 17.9 Å². The van der Waals surface area contributed by atoms with Gasteiger partial charge in [0.1, 0.15) is 16.7 Å². The first-order valence-corrected chi connectivity index (χ1v) is 9.05. The van der Waals surface area contributed by atoms with E-state index in [-0.39, 0.29) is 17.5 Å². The first-order chi connectivity index (χ1) is 11.5. The maximum Gasteiger partial charge on any atom is 0.246 e. The van der Waals surface area contributed by atoms with Gasteiger partial charge < -0.3 is 9.47 Å². The van der Waals surface area contributed by atoms with Gasteiger partial charge in [-0.2, -0.15) is 9.40 Å². The van der Waals surface area contributed by atoms with Gasteiger partial charge in [0.25, 0.3) is 0 Å². The van der Waals surface area contributed by atoms with E-state index in [4.69, 9.17) is 9.47 Å². The van der Waals surface area contributed by atoms with Crippen LogP contribution in [0.15, 0.2) is 41.3 Å². The van der Waals surface area contributed by atoms with E-state index >= 15 is 0 Å². The molecule has 0 spiro atoms. The second kappa shape index (κ2) is 6.74. The predicted octanol–water partition coefficient (Wildman–Crippen LogP) is 1.64. The fourth-order valence-electron chi connectivity index (χ4n) is 2.60. The first-order valence-electron chi connectivity index (χ1n) is 7.61. The topological polar surface area (TPSA) is 81.6 Å². The zero-order valence-electron chi connectivity index (χ0n) is 13.5. The van der Waals surface area contributed by atoms with E-state index in [1.165, 1.54) is 11.4 Å². The van der Waals surface area contributed by atoms with Gasteiger partial charge in [-0.25, -0.2) is 8.42 Å². The zero-order chi connectivity index (χ0) is 17.2. The molecule has 1 aliphatic heterocycles. The van der Waals surface area contributed by atoms with Crippen molar-refractivity contribution in [1.82, 2.24) is 14.5 Å². The van der Waals surface area contributed by atoms with Gasteiger partial charge in [-0.1, -0.05) is 12.1 Å². The Hall–Kier alpha value is -2.19. The highest BCUT2D eigenvalue weighted by molar-refractivity contribution is 7.89. The lowest BCUT2D eigenvalue weighted by Crippen LogP contribution is -2.31. The van der Waals surface area contributed by atoms with Crippen LogP contribution in [0.3, 0.4) is 0 Å². The average Bonchev–Trinajstić information content (AvgIpc) is 3.06. The molecule has 3 rings (SSSR count). The van der Waals surface area contributed by atoms with Gasteiger partial charge >= 0.3 is 0 Å². The maximum absolute atomic E-state index is 12.8. The Morgan fingerprint density at radius 3 is 2.67 bits per heavy atom. The predicted molar refractivity (Wildman–Crippen MR) is 87.6 cm³/mol. The minimum absolute atomic E-state index is 0.170. The van der Waals surface area contributed by atoms with Crippen LogP contribution in [0.4, 0.5) is 0 Å². The Kier molecular flexibility index (Phi) is 4.68. The van der Waals surface area contributed by atoms with Crippen molar-refractivity contribution in [2.45, 2.75) is 24.3 Å². The molecule has 0 amide bonds. The van der Waals surface area contributed by atoms with E-state index in [0.717, 1.165) is 5.69 Å². The van der Waals surface area contributed by atoms with E-state index in [9.17, 15) is 8.42 Å². The van der Waals surface area contributed by atoms with E-state index in [1.54, 1.807) is 36.4 Å². The van der Waals surface area contributed by atoms with E-state index in [1.807, 2.05) is 6.92 Å². The molecule has 1 aromatic heterocycles. The Morgan fingerprint density at radius 2 is 1.96 bits per heavy atom. The zero-order valence-corrected chi connectivity index (χ0v) is 14.4. The fraction of sp³-hybridized carbons (Fsp3) is 0.375. The van der Waals surface area contributed by atoms with Crippen molar-refractivity contribution in [3.05, 3.63) is 42.1 Å². The maximum atomic E-state index is 12.8. The lowest BCUT2D eigenvalue weighted by Gasteiger charge is -2.18. The second-order valence-electron chi connectivity index (χ2n) is 5.56. The number of nitrogens with zero attached hydrogens (tertiary/aromatic N) is 3. The summed E-state index contributed by atoms with van der Waals surface area (Å²) >= 11 is 0. The van der Waals surface area contributed by atoms with Crippen LogP contribution >= 0.6 is 0 Å². The molecule has 1 aliphatic rings. The van der Waals surface area contributed by atoms with Gasteiger partial charge in [-0.15, -0.1) is 5.10 Å². The van der Waals surface area contributed by atoms with Gasteiger partial charge in [0, 0.05) is 12.6 Å². The molecule has 0 N–H and O–H groups in total. The Balaban J connectivity index is 1.73. The van der Waals surface area contributed by atoms with Crippen LogP contribution in [0.1, 0.15) is 12.1 Å². The van der Waals surface area contributed by atoms with E-state index in [2.05, 4.69) is 10.2 Å². The molecule has 1 saturated heterocycles. The number of methoxy groups -OCH3 is 1. The van der Waals surface area contributed by atoms with Gasteiger partial charge in [-0.05, 0) is 31.5 Å². The van der Waals surface area contributed by atoms with E-state index < -0.39 is 10.0 Å². The molecule has 1 aromatic carbocycles. The van der Waals surface area contributed by atoms with Crippen LogP contribution < -0.4 is 9.47 Å². The highest BCUT2D eigenvalue weighted by Crippen LogP contribution is 2.29. The molecule has 1 unspecified atom stereocenters. The van der Waals surface area contributed by atoms with E-state index in [0.29, 0.717) is 24.6 Å². The Morgan fingerprint density at radius 1 is 1.17 bits per heavy atom. The molecule has 2 aromatic rings. The normalized spacial score (nSPS) is 18.5. The third kappa shape index (κ3) is 3.34. The summed E-state index contributed by atoms with van der Waals surface area (Å²) in [5.41, 5.74) is 0.800. The van der Waals surface area contributed by atoms with Crippen molar-refractivity contribution in [3.63, 3.8) is 0 Å². The van der Waals surface area contributed by atoms with Crippen molar-refractivity contribution in [3.8, 4) is 11.6 Å². The summed E-state index contributed by atoms with van der Waals surface area (Å²) in [7, 11) is -2.16. The number of sulfonamides is 1. The van der Waals surface area contributed by atoms with Crippen LogP contribution in [0.25, 0.3) is 0 Å². The average molecular weight is 349 g/mol. The smallest absolute Gasteiger partial charge is 0.246 e. The minimum atomic E-state index is -3.62.